The third-order valence-corrected chi connectivity index (χ3v) is 5.15. The number of aromatic nitrogens is 1. The summed E-state index contributed by atoms with van der Waals surface area (Å²) in [6.45, 7) is 0. The molecule has 0 aliphatic rings. The molecule has 1 heterocycles. The molecule has 0 bridgehead atoms. The molecule has 0 saturated heterocycles. The summed E-state index contributed by atoms with van der Waals surface area (Å²) < 4.78 is 1.95. The van der Waals surface area contributed by atoms with Crippen molar-refractivity contribution >= 4 is 52.0 Å². The lowest BCUT2D eigenvalue weighted by atomic mass is 10.1. The maximum atomic E-state index is 11.1. The Bertz CT molecular complexity index is 1020. The Morgan fingerprint density at radius 2 is 1.92 bits per heavy atom. The van der Waals surface area contributed by atoms with Gasteiger partial charge in [-0.25, -0.2) is 0 Å². The number of rotatable bonds is 3. The molecule has 0 radical (unpaired) electrons. The van der Waals surface area contributed by atoms with Gasteiger partial charge >= 0.3 is 0 Å². The number of hydrogen-bond donors (Lipinski definition) is 0. The maximum Gasteiger partial charge on any atom is 0.151 e. The van der Waals surface area contributed by atoms with Crippen LogP contribution in [0.3, 0.4) is 0 Å². The molecule has 0 aliphatic carbocycles. The fourth-order valence-corrected chi connectivity index (χ4v) is 3.54. The van der Waals surface area contributed by atoms with Crippen LogP contribution in [0.25, 0.3) is 10.9 Å². The van der Waals surface area contributed by atoms with Crippen molar-refractivity contribution in [3.63, 3.8) is 0 Å². The van der Waals surface area contributed by atoms with Crippen molar-refractivity contribution in [3.8, 4) is 6.07 Å². The van der Waals surface area contributed by atoms with Gasteiger partial charge in [-0.2, -0.15) is 5.26 Å². The van der Waals surface area contributed by atoms with Gasteiger partial charge in [0.2, 0.25) is 0 Å². The summed E-state index contributed by atoms with van der Waals surface area (Å²) in [6, 6.07) is 10.7. The first-order chi connectivity index (χ1) is 11.5. The highest BCUT2D eigenvalue weighted by Gasteiger charge is 2.15. The van der Waals surface area contributed by atoms with Gasteiger partial charge < -0.3 is 4.57 Å². The minimum atomic E-state index is 0.353. The summed E-state index contributed by atoms with van der Waals surface area (Å²) in [5.74, 6) is 0. The molecule has 2 aromatic carbocycles. The van der Waals surface area contributed by atoms with Crippen molar-refractivity contribution in [2.75, 3.05) is 0 Å². The third-order valence-electron chi connectivity index (χ3n) is 4.04. The molecule has 3 nitrogen and oxygen atoms in total. The normalized spacial score (nSPS) is 10.8. The van der Waals surface area contributed by atoms with E-state index in [1.54, 1.807) is 24.3 Å². The van der Waals surface area contributed by atoms with Crippen LogP contribution in [0, 0.1) is 11.3 Å². The van der Waals surface area contributed by atoms with Crippen LogP contribution < -0.4 is 0 Å². The molecular formula is C18H11Cl3N2O. The Morgan fingerprint density at radius 1 is 1.17 bits per heavy atom. The number of benzene rings is 2. The summed E-state index contributed by atoms with van der Waals surface area (Å²) in [5.41, 5.74) is 3.37. The quantitative estimate of drug-likeness (QED) is 0.573. The highest BCUT2D eigenvalue weighted by Crippen LogP contribution is 2.33. The highest BCUT2D eigenvalue weighted by molar-refractivity contribution is 6.37. The molecule has 0 aliphatic heterocycles. The van der Waals surface area contributed by atoms with E-state index < -0.39 is 0 Å². The predicted molar refractivity (Wildman–Crippen MR) is 97.3 cm³/mol. The number of nitrogens with zero attached hydrogens (tertiary/aromatic N) is 2. The van der Waals surface area contributed by atoms with Gasteiger partial charge in [-0.3, -0.25) is 4.79 Å². The van der Waals surface area contributed by atoms with E-state index in [1.165, 1.54) is 0 Å². The largest absolute Gasteiger partial charge is 0.347 e. The summed E-state index contributed by atoms with van der Waals surface area (Å²) in [4.78, 5) is 11.1. The van der Waals surface area contributed by atoms with Gasteiger partial charge in [0.15, 0.2) is 6.29 Å². The average Bonchev–Trinajstić information content (AvgIpc) is 2.88. The minimum absolute atomic E-state index is 0.353. The van der Waals surface area contributed by atoms with Crippen LogP contribution >= 0.6 is 34.8 Å². The molecule has 0 spiro atoms. The van der Waals surface area contributed by atoms with Crippen LogP contribution in [0.15, 0.2) is 30.3 Å². The van der Waals surface area contributed by atoms with Gasteiger partial charge in [0.1, 0.15) is 0 Å². The van der Waals surface area contributed by atoms with Crippen molar-refractivity contribution in [3.05, 3.63) is 67.8 Å². The number of aryl methyl sites for hydroxylation is 1. The number of aldehydes is 1. The first kappa shape index (κ1) is 16.9. The topological polar surface area (TPSA) is 45.8 Å². The maximum absolute atomic E-state index is 11.1. The average molecular weight is 378 g/mol. The second kappa shape index (κ2) is 6.49. The molecule has 0 atom stereocenters. The lowest BCUT2D eigenvalue weighted by Crippen LogP contribution is -2.00. The molecule has 0 saturated carbocycles. The van der Waals surface area contributed by atoms with Crippen LogP contribution in [0.2, 0.25) is 15.1 Å². The molecule has 0 amide bonds. The van der Waals surface area contributed by atoms with Gasteiger partial charge in [-0.15, -0.1) is 0 Å². The zero-order valence-corrected chi connectivity index (χ0v) is 14.9. The Labute approximate surface area is 154 Å². The van der Waals surface area contributed by atoms with Gasteiger partial charge in [0.05, 0.1) is 27.2 Å². The fraction of sp³-hybridized carbons (Fsp3) is 0.111. The number of carbonyl (C=O) groups is 1. The van der Waals surface area contributed by atoms with E-state index in [2.05, 4.69) is 6.07 Å². The van der Waals surface area contributed by atoms with Crippen molar-refractivity contribution in [2.24, 2.45) is 7.05 Å². The first-order valence-corrected chi connectivity index (χ1v) is 8.19. The molecular weight excluding hydrogens is 367 g/mol. The van der Waals surface area contributed by atoms with Crippen LogP contribution in [0.4, 0.5) is 0 Å². The third kappa shape index (κ3) is 2.78. The molecule has 6 heteroatoms. The summed E-state index contributed by atoms with van der Waals surface area (Å²) in [5, 5.41) is 11.3. The Hall–Kier alpha value is -1.99. The smallest absolute Gasteiger partial charge is 0.151 e. The van der Waals surface area contributed by atoms with Gasteiger partial charge in [-0.05, 0) is 35.9 Å². The van der Waals surface area contributed by atoms with Gasteiger partial charge in [0, 0.05) is 35.1 Å². The molecule has 0 fully saturated rings. The molecule has 1 aromatic heterocycles. The van der Waals surface area contributed by atoms with Gasteiger partial charge in [-0.1, -0.05) is 34.8 Å². The molecule has 3 rings (SSSR count). The van der Waals surface area contributed by atoms with E-state index in [4.69, 9.17) is 40.1 Å². The minimum Gasteiger partial charge on any atom is -0.347 e. The predicted octanol–water partition coefficient (Wildman–Crippen LogP) is 5.41. The van der Waals surface area contributed by atoms with Crippen LogP contribution in [-0.4, -0.2) is 10.9 Å². The lowest BCUT2D eigenvalue weighted by Gasteiger charge is -2.10. The standard InChI is InChI=1S/C18H11Cl3N2O/c1-23-12(6-13-16(20)4-10(8-22)5-17(13)23)7-14-15(19)3-2-11(9-24)18(14)21/h2-6,9H,7H2,1H3. The molecule has 120 valence electrons. The zero-order valence-electron chi connectivity index (χ0n) is 12.6. The van der Waals surface area contributed by atoms with Crippen LogP contribution in [0.1, 0.15) is 27.2 Å². The summed E-state index contributed by atoms with van der Waals surface area (Å²) in [6.07, 6.45) is 1.16. The van der Waals surface area contributed by atoms with E-state index in [9.17, 15) is 4.79 Å². The van der Waals surface area contributed by atoms with E-state index >= 15 is 0 Å². The SMILES string of the molecule is Cn1c(Cc2c(Cl)ccc(C=O)c2Cl)cc2c(Cl)cc(C#N)cc21. The van der Waals surface area contributed by atoms with Crippen molar-refractivity contribution in [2.45, 2.75) is 6.42 Å². The van der Waals surface area contributed by atoms with E-state index in [0.29, 0.717) is 44.5 Å². The van der Waals surface area contributed by atoms with Crippen LogP contribution in [0.5, 0.6) is 0 Å². The first-order valence-electron chi connectivity index (χ1n) is 7.06. The summed E-state index contributed by atoms with van der Waals surface area (Å²) in [7, 11) is 1.89. The second-order valence-corrected chi connectivity index (χ2v) is 6.61. The number of fused-ring (bicyclic) bond motifs is 1. The molecule has 0 N–H and O–H groups in total. The van der Waals surface area contributed by atoms with Crippen molar-refractivity contribution in [1.29, 1.82) is 5.26 Å². The molecule has 3 aromatic rings. The van der Waals surface area contributed by atoms with Crippen molar-refractivity contribution in [1.82, 2.24) is 4.57 Å². The van der Waals surface area contributed by atoms with E-state index in [0.717, 1.165) is 16.6 Å². The monoisotopic (exact) mass is 376 g/mol. The summed E-state index contributed by atoms with van der Waals surface area (Å²) >= 11 is 18.8. The van der Waals surface area contributed by atoms with Crippen LogP contribution in [-0.2, 0) is 13.5 Å². The van der Waals surface area contributed by atoms with Crippen molar-refractivity contribution < 1.29 is 4.79 Å². The highest BCUT2D eigenvalue weighted by atomic mass is 35.5. The Balaban J connectivity index is 2.16. The number of nitriles is 1. The number of hydrogen-bond acceptors (Lipinski definition) is 2. The molecule has 24 heavy (non-hydrogen) atoms. The zero-order chi connectivity index (χ0) is 17.4. The number of carbonyl (C=O) groups excluding carboxylic acids is 1. The lowest BCUT2D eigenvalue weighted by molar-refractivity contribution is 0.112. The number of halogens is 3. The van der Waals surface area contributed by atoms with E-state index in [-0.39, 0.29) is 0 Å². The van der Waals surface area contributed by atoms with Gasteiger partial charge in [0.25, 0.3) is 0 Å². The Morgan fingerprint density at radius 3 is 2.58 bits per heavy atom. The Kier molecular flexibility index (Phi) is 4.56. The fourth-order valence-electron chi connectivity index (χ4n) is 2.73. The second-order valence-electron chi connectivity index (χ2n) is 5.42. The molecule has 0 unspecified atom stereocenters. The van der Waals surface area contributed by atoms with E-state index in [1.807, 2.05) is 17.7 Å².